The van der Waals surface area contributed by atoms with Crippen LogP contribution < -0.4 is 10.1 Å². The van der Waals surface area contributed by atoms with Crippen molar-refractivity contribution >= 4 is 16.0 Å². The van der Waals surface area contributed by atoms with Crippen LogP contribution in [0.4, 0.5) is 0 Å². The van der Waals surface area contributed by atoms with Gasteiger partial charge in [0.15, 0.2) is 0 Å². The molecule has 0 bridgehead atoms. The summed E-state index contributed by atoms with van der Waals surface area (Å²) in [5.74, 6) is 0.363. The average molecular weight is 273 g/mol. The topological polar surface area (TPSA) is 81.7 Å². The predicted molar refractivity (Wildman–Crippen MR) is 66.1 cm³/mol. The van der Waals surface area contributed by atoms with E-state index in [1.807, 2.05) is 0 Å². The van der Waals surface area contributed by atoms with Crippen molar-refractivity contribution in [2.24, 2.45) is 0 Å². The summed E-state index contributed by atoms with van der Waals surface area (Å²) in [5.41, 5.74) is 0.525. The summed E-state index contributed by atoms with van der Waals surface area (Å²) in [6.45, 7) is 0.0718. The molecule has 0 atom stereocenters. The molecule has 18 heavy (non-hydrogen) atoms. The van der Waals surface area contributed by atoms with Crippen LogP contribution in [0.2, 0.25) is 0 Å². The second-order valence-corrected chi connectivity index (χ2v) is 5.12. The molecule has 0 fully saturated rings. The molecule has 1 amide bonds. The van der Waals surface area contributed by atoms with Gasteiger partial charge in [-0.15, -0.1) is 0 Å². The lowest BCUT2D eigenvalue weighted by molar-refractivity contribution is 0.0963. The molecule has 0 radical (unpaired) electrons. The minimum atomic E-state index is -3.43. The Balaban J connectivity index is 2.42. The molecule has 0 unspecified atom stereocenters. The van der Waals surface area contributed by atoms with Crippen LogP contribution in [0.25, 0.3) is 0 Å². The summed E-state index contributed by atoms with van der Waals surface area (Å²) in [6, 6.07) is 6.49. The number of ether oxygens (including phenoxy) is 1. The molecule has 0 aliphatic carbocycles. The van der Waals surface area contributed by atoms with Crippen LogP contribution in [-0.2, 0) is 14.3 Å². The quantitative estimate of drug-likeness (QED) is 0.599. The Bertz CT molecular complexity index is 495. The van der Waals surface area contributed by atoms with E-state index in [2.05, 4.69) is 9.50 Å². The fourth-order valence-corrected chi connectivity index (χ4v) is 1.56. The van der Waals surface area contributed by atoms with Gasteiger partial charge in [0.1, 0.15) is 19.0 Å². The van der Waals surface area contributed by atoms with E-state index < -0.39 is 10.1 Å². The molecule has 0 spiro atoms. The van der Waals surface area contributed by atoms with Gasteiger partial charge in [-0.25, -0.2) is 0 Å². The third-order valence-electron chi connectivity index (χ3n) is 1.99. The van der Waals surface area contributed by atoms with Gasteiger partial charge in [0.05, 0.1) is 6.26 Å². The van der Waals surface area contributed by atoms with Crippen molar-refractivity contribution in [3.63, 3.8) is 0 Å². The zero-order valence-electron chi connectivity index (χ0n) is 10.2. The number of rotatable bonds is 6. The third-order valence-corrected chi connectivity index (χ3v) is 2.59. The lowest BCUT2D eigenvalue weighted by Gasteiger charge is -2.06. The minimum absolute atomic E-state index is 0.0456. The zero-order chi connectivity index (χ0) is 13.6. The van der Waals surface area contributed by atoms with Crippen molar-refractivity contribution in [1.29, 1.82) is 0 Å². The first kappa shape index (κ1) is 14.5. The van der Waals surface area contributed by atoms with E-state index in [-0.39, 0.29) is 19.1 Å². The molecule has 100 valence electrons. The van der Waals surface area contributed by atoms with Crippen molar-refractivity contribution in [1.82, 2.24) is 5.32 Å². The summed E-state index contributed by atoms with van der Waals surface area (Å²) in [6.07, 6.45) is 0.977. The van der Waals surface area contributed by atoms with Crippen molar-refractivity contribution in [3.05, 3.63) is 29.8 Å². The molecule has 1 aromatic rings. The fraction of sp³-hybridized carbons (Fsp3) is 0.364. The highest BCUT2D eigenvalue weighted by molar-refractivity contribution is 7.85. The molecule has 0 aromatic heterocycles. The van der Waals surface area contributed by atoms with E-state index in [1.54, 1.807) is 31.3 Å². The van der Waals surface area contributed by atoms with Gasteiger partial charge in [-0.2, -0.15) is 8.42 Å². The van der Waals surface area contributed by atoms with Gasteiger partial charge in [0, 0.05) is 12.6 Å². The van der Waals surface area contributed by atoms with Crippen LogP contribution in [0.5, 0.6) is 5.75 Å². The van der Waals surface area contributed by atoms with Crippen molar-refractivity contribution in [2.45, 2.75) is 0 Å². The SMILES string of the molecule is CNC(=O)c1ccc(OCCOS(C)(=O)=O)cc1. The Hall–Kier alpha value is -1.60. The van der Waals surface area contributed by atoms with Crippen LogP contribution in [0.15, 0.2) is 24.3 Å². The van der Waals surface area contributed by atoms with Crippen molar-refractivity contribution < 1.29 is 22.1 Å². The number of amides is 1. The molecule has 1 rings (SSSR count). The molecular weight excluding hydrogens is 258 g/mol. The number of carbonyl (C=O) groups excluding carboxylic acids is 1. The second kappa shape index (κ2) is 6.36. The van der Waals surface area contributed by atoms with Gasteiger partial charge in [-0.05, 0) is 24.3 Å². The Labute approximate surface area is 106 Å². The van der Waals surface area contributed by atoms with Gasteiger partial charge in [-0.1, -0.05) is 0 Å². The summed E-state index contributed by atoms with van der Waals surface area (Å²) >= 11 is 0. The highest BCUT2D eigenvalue weighted by Crippen LogP contribution is 2.11. The number of hydrogen-bond donors (Lipinski definition) is 1. The Morgan fingerprint density at radius 2 is 1.83 bits per heavy atom. The molecule has 0 aliphatic rings. The van der Waals surface area contributed by atoms with Gasteiger partial charge in [-0.3, -0.25) is 8.98 Å². The van der Waals surface area contributed by atoms with Crippen LogP contribution in [-0.4, -0.2) is 40.8 Å². The van der Waals surface area contributed by atoms with Gasteiger partial charge >= 0.3 is 0 Å². The molecule has 0 heterocycles. The maximum atomic E-state index is 11.3. The van der Waals surface area contributed by atoms with Crippen LogP contribution in [0, 0.1) is 0 Å². The lowest BCUT2D eigenvalue weighted by Crippen LogP contribution is -2.17. The molecule has 6 nitrogen and oxygen atoms in total. The van der Waals surface area contributed by atoms with Gasteiger partial charge in [0.2, 0.25) is 0 Å². The smallest absolute Gasteiger partial charge is 0.264 e. The highest BCUT2D eigenvalue weighted by atomic mass is 32.2. The monoisotopic (exact) mass is 273 g/mol. The molecule has 0 saturated heterocycles. The summed E-state index contributed by atoms with van der Waals surface area (Å²) in [5, 5.41) is 2.50. The first-order valence-electron chi connectivity index (χ1n) is 5.22. The Morgan fingerprint density at radius 1 is 1.22 bits per heavy atom. The standard InChI is InChI=1S/C11H15NO5S/c1-12-11(13)9-3-5-10(6-4-9)16-7-8-17-18(2,14)15/h3-6H,7-8H2,1-2H3,(H,12,13). The molecule has 1 N–H and O–H groups in total. The van der Waals surface area contributed by atoms with Gasteiger partial charge in [0.25, 0.3) is 16.0 Å². The largest absolute Gasteiger partial charge is 0.491 e. The maximum absolute atomic E-state index is 11.3. The summed E-state index contributed by atoms with van der Waals surface area (Å²) in [7, 11) is -1.88. The summed E-state index contributed by atoms with van der Waals surface area (Å²) in [4.78, 5) is 11.3. The van der Waals surface area contributed by atoms with E-state index in [0.29, 0.717) is 11.3 Å². The Morgan fingerprint density at radius 3 is 2.33 bits per heavy atom. The normalized spacial score (nSPS) is 11.0. The van der Waals surface area contributed by atoms with E-state index in [1.165, 1.54) is 0 Å². The lowest BCUT2D eigenvalue weighted by atomic mass is 10.2. The van der Waals surface area contributed by atoms with E-state index in [9.17, 15) is 13.2 Å². The maximum Gasteiger partial charge on any atom is 0.264 e. The fourth-order valence-electron chi connectivity index (χ4n) is 1.19. The average Bonchev–Trinajstić information content (AvgIpc) is 2.33. The Kier molecular flexibility index (Phi) is 5.11. The van der Waals surface area contributed by atoms with Gasteiger partial charge < -0.3 is 10.1 Å². The second-order valence-electron chi connectivity index (χ2n) is 3.48. The third kappa shape index (κ3) is 5.15. The van der Waals surface area contributed by atoms with Crippen LogP contribution in [0.3, 0.4) is 0 Å². The molecular formula is C11H15NO5S. The predicted octanol–water partition coefficient (Wildman–Crippen LogP) is 0.401. The molecule has 1 aromatic carbocycles. The van der Waals surface area contributed by atoms with Crippen LogP contribution >= 0.6 is 0 Å². The number of hydrogen-bond acceptors (Lipinski definition) is 5. The summed E-state index contributed by atoms with van der Waals surface area (Å²) < 4.78 is 31.1. The van der Waals surface area contributed by atoms with Crippen molar-refractivity contribution in [2.75, 3.05) is 26.5 Å². The number of benzene rings is 1. The van der Waals surface area contributed by atoms with E-state index in [0.717, 1.165) is 6.26 Å². The zero-order valence-corrected chi connectivity index (χ0v) is 11.0. The minimum Gasteiger partial charge on any atom is -0.491 e. The molecule has 7 heteroatoms. The van der Waals surface area contributed by atoms with Crippen molar-refractivity contribution in [3.8, 4) is 5.75 Å². The first-order chi connectivity index (χ1) is 8.42. The number of nitrogens with one attached hydrogen (secondary N) is 1. The first-order valence-corrected chi connectivity index (χ1v) is 7.03. The molecule has 0 saturated carbocycles. The highest BCUT2D eigenvalue weighted by Gasteiger charge is 2.04. The van der Waals surface area contributed by atoms with E-state index in [4.69, 9.17) is 4.74 Å². The molecule has 0 aliphatic heterocycles. The van der Waals surface area contributed by atoms with Crippen LogP contribution in [0.1, 0.15) is 10.4 Å². The number of carbonyl (C=O) groups is 1. The van der Waals surface area contributed by atoms with E-state index >= 15 is 0 Å².